The number of hydrogen-bond acceptors (Lipinski definition) is 2. The lowest BCUT2D eigenvalue weighted by molar-refractivity contribution is 0.598. The van der Waals surface area contributed by atoms with Gasteiger partial charge in [-0.2, -0.15) is 0 Å². The maximum atomic E-state index is 6.21. The van der Waals surface area contributed by atoms with Gasteiger partial charge in [0.1, 0.15) is 11.3 Å². The van der Waals surface area contributed by atoms with Crippen LogP contribution in [0.3, 0.4) is 0 Å². The molecule has 0 aliphatic heterocycles. The monoisotopic (exact) mass is 263 g/mol. The van der Waals surface area contributed by atoms with Crippen molar-refractivity contribution in [2.75, 3.05) is 0 Å². The summed E-state index contributed by atoms with van der Waals surface area (Å²) in [6, 6.07) is 20.0. The van der Waals surface area contributed by atoms with Crippen LogP contribution in [0.2, 0.25) is 0 Å². The van der Waals surface area contributed by atoms with Gasteiger partial charge in [0.05, 0.1) is 0 Å². The molecular formula is C18H17NO. The van der Waals surface area contributed by atoms with Gasteiger partial charge in [-0.05, 0) is 30.2 Å². The second-order valence-electron chi connectivity index (χ2n) is 4.93. The molecule has 0 saturated heterocycles. The average Bonchev–Trinajstić information content (AvgIpc) is 2.92. The van der Waals surface area contributed by atoms with Crippen molar-refractivity contribution in [1.29, 1.82) is 0 Å². The standard InChI is InChI=1S/C18H17NO/c1-13(11-16(19)14-7-3-2-4-8-14)18-12-15-9-5-6-10-17(15)20-18/h2-12,16H,19H2,1H3. The number of furan rings is 1. The van der Waals surface area contributed by atoms with Crippen molar-refractivity contribution in [2.24, 2.45) is 5.73 Å². The summed E-state index contributed by atoms with van der Waals surface area (Å²) in [6.07, 6.45) is 2.03. The zero-order chi connectivity index (χ0) is 13.9. The molecule has 0 aliphatic rings. The second-order valence-corrected chi connectivity index (χ2v) is 4.93. The summed E-state index contributed by atoms with van der Waals surface area (Å²) in [5.74, 6) is 0.873. The molecule has 20 heavy (non-hydrogen) atoms. The zero-order valence-electron chi connectivity index (χ0n) is 11.4. The second kappa shape index (κ2) is 5.35. The van der Waals surface area contributed by atoms with Crippen LogP contribution in [0.5, 0.6) is 0 Å². The fourth-order valence-corrected chi connectivity index (χ4v) is 2.30. The van der Waals surface area contributed by atoms with E-state index in [-0.39, 0.29) is 6.04 Å². The molecule has 2 aromatic carbocycles. The van der Waals surface area contributed by atoms with Gasteiger partial charge in [0.15, 0.2) is 0 Å². The lowest BCUT2D eigenvalue weighted by atomic mass is 10.0. The molecule has 1 unspecified atom stereocenters. The minimum Gasteiger partial charge on any atom is -0.456 e. The van der Waals surface area contributed by atoms with Gasteiger partial charge < -0.3 is 10.2 Å². The van der Waals surface area contributed by atoms with E-state index in [1.54, 1.807) is 0 Å². The van der Waals surface area contributed by atoms with E-state index in [0.29, 0.717) is 0 Å². The maximum absolute atomic E-state index is 6.21. The SMILES string of the molecule is CC(=CC(N)c1ccccc1)c1cc2ccccc2o1. The Morgan fingerprint density at radius 1 is 1.05 bits per heavy atom. The summed E-state index contributed by atoms with van der Waals surface area (Å²) in [5, 5.41) is 1.11. The molecule has 0 saturated carbocycles. The molecule has 1 heterocycles. The maximum Gasteiger partial charge on any atom is 0.134 e. The Balaban J connectivity index is 1.91. The zero-order valence-corrected chi connectivity index (χ0v) is 11.4. The number of rotatable bonds is 3. The first-order valence-electron chi connectivity index (χ1n) is 6.72. The number of allylic oxidation sites excluding steroid dienone is 1. The highest BCUT2D eigenvalue weighted by molar-refractivity contribution is 5.81. The Kier molecular flexibility index (Phi) is 3.40. The van der Waals surface area contributed by atoms with Crippen molar-refractivity contribution >= 4 is 16.5 Å². The van der Waals surface area contributed by atoms with Crippen LogP contribution in [0, 0.1) is 0 Å². The van der Waals surface area contributed by atoms with Crippen molar-refractivity contribution in [3.8, 4) is 0 Å². The quantitative estimate of drug-likeness (QED) is 0.753. The number of fused-ring (bicyclic) bond motifs is 1. The van der Waals surface area contributed by atoms with Gasteiger partial charge >= 0.3 is 0 Å². The molecule has 1 atom stereocenters. The molecule has 3 aromatic rings. The van der Waals surface area contributed by atoms with Crippen molar-refractivity contribution < 1.29 is 4.42 Å². The Bertz CT molecular complexity index is 707. The van der Waals surface area contributed by atoms with Crippen LogP contribution in [0.25, 0.3) is 16.5 Å². The van der Waals surface area contributed by atoms with E-state index in [2.05, 4.69) is 6.07 Å². The van der Waals surface area contributed by atoms with Crippen LogP contribution in [0.1, 0.15) is 24.3 Å². The molecule has 2 heteroatoms. The van der Waals surface area contributed by atoms with E-state index in [0.717, 1.165) is 27.9 Å². The van der Waals surface area contributed by atoms with E-state index in [1.807, 2.05) is 67.6 Å². The van der Waals surface area contributed by atoms with Crippen LogP contribution >= 0.6 is 0 Å². The first-order chi connectivity index (χ1) is 9.74. The first kappa shape index (κ1) is 12.7. The van der Waals surface area contributed by atoms with Crippen LogP contribution in [-0.4, -0.2) is 0 Å². The number of nitrogens with two attached hydrogens (primary N) is 1. The van der Waals surface area contributed by atoms with Crippen molar-refractivity contribution in [3.63, 3.8) is 0 Å². The summed E-state index contributed by atoms with van der Waals surface area (Å²) in [4.78, 5) is 0. The van der Waals surface area contributed by atoms with Crippen molar-refractivity contribution in [3.05, 3.63) is 78.1 Å². The minimum absolute atomic E-state index is 0.121. The molecule has 0 bridgehead atoms. The van der Waals surface area contributed by atoms with Gasteiger partial charge in [0, 0.05) is 11.4 Å². The van der Waals surface area contributed by atoms with Crippen molar-refractivity contribution in [2.45, 2.75) is 13.0 Å². The summed E-state index contributed by atoms with van der Waals surface area (Å²) in [7, 11) is 0. The third-order valence-electron chi connectivity index (χ3n) is 3.43. The Labute approximate surface area is 118 Å². The highest BCUT2D eigenvalue weighted by atomic mass is 16.3. The van der Waals surface area contributed by atoms with Gasteiger partial charge in [-0.15, -0.1) is 0 Å². The van der Waals surface area contributed by atoms with Gasteiger partial charge in [0.25, 0.3) is 0 Å². The summed E-state index contributed by atoms with van der Waals surface area (Å²) in [5.41, 5.74) is 9.27. The van der Waals surface area contributed by atoms with Gasteiger partial charge in [0.2, 0.25) is 0 Å². The average molecular weight is 263 g/mol. The van der Waals surface area contributed by atoms with Crippen LogP contribution in [-0.2, 0) is 0 Å². The largest absolute Gasteiger partial charge is 0.456 e. The smallest absolute Gasteiger partial charge is 0.134 e. The molecule has 0 aliphatic carbocycles. The summed E-state index contributed by atoms with van der Waals surface area (Å²) >= 11 is 0. The van der Waals surface area contributed by atoms with Crippen molar-refractivity contribution in [1.82, 2.24) is 0 Å². The molecule has 2 N–H and O–H groups in total. The fraction of sp³-hybridized carbons (Fsp3) is 0.111. The molecule has 1 aromatic heterocycles. The normalized spacial score (nSPS) is 13.6. The third-order valence-corrected chi connectivity index (χ3v) is 3.43. The Morgan fingerprint density at radius 3 is 2.50 bits per heavy atom. The van der Waals surface area contributed by atoms with E-state index in [1.165, 1.54) is 0 Å². The predicted octanol–water partition coefficient (Wildman–Crippen LogP) is 4.54. The van der Waals surface area contributed by atoms with Crippen LogP contribution in [0.15, 0.2) is 71.2 Å². The van der Waals surface area contributed by atoms with E-state index in [4.69, 9.17) is 10.2 Å². The molecule has 100 valence electrons. The minimum atomic E-state index is -0.121. The molecule has 0 radical (unpaired) electrons. The first-order valence-corrected chi connectivity index (χ1v) is 6.72. The van der Waals surface area contributed by atoms with E-state index >= 15 is 0 Å². The molecule has 0 amide bonds. The number of hydrogen-bond donors (Lipinski definition) is 1. The molecule has 0 fully saturated rings. The topological polar surface area (TPSA) is 39.2 Å². The number of para-hydroxylation sites is 1. The third kappa shape index (κ3) is 2.51. The molecule has 0 spiro atoms. The lowest BCUT2D eigenvalue weighted by Crippen LogP contribution is -2.07. The van der Waals surface area contributed by atoms with Gasteiger partial charge in [-0.1, -0.05) is 54.6 Å². The van der Waals surface area contributed by atoms with E-state index in [9.17, 15) is 0 Å². The molecular weight excluding hydrogens is 246 g/mol. The highest BCUT2D eigenvalue weighted by Crippen LogP contribution is 2.26. The van der Waals surface area contributed by atoms with Gasteiger partial charge in [-0.3, -0.25) is 0 Å². The Morgan fingerprint density at radius 2 is 1.75 bits per heavy atom. The summed E-state index contributed by atoms with van der Waals surface area (Å²) in [6.45, 7) is 2.03. The Hall–Kier alpha value is -2.32. The highest BCUT2D eigenvalue weighted by Gasteiger charge is 2.07. The van der Waals surface area contributed by atoms with Crippen LogP contribution < -0.4 is 5.73 Å². The van der Waals surface area contributed by atoms with E-state index < -0.39 is 0 Å². The lowest BCUT2D eigenvalue weighted by Gasteiger charge is -2.08. The number of benzene rings is 2. The molecule has 2 nitrogen and oxygen atoms in total. The van der Waals surface area contributed by atoms with Crippen LogP contribution in [0.4, 0.5) is 0 Å². The van der Waals surface area contributed by atoms with Gasteiger partial charge in [-0.25, -0.2) is 0 Å². The predicted molar refractivity (Wildman–Crippen MR) is 83.2 cm³/mol. The molecule has 3 rings (SSSR count). The summed E-state index contributed by atoms with van der Waals surface area (Å²) < 4.78 is 5.84. The fourth-order valence-electron chi connectivity index (χ4n) is 2.30.